The number of non-ortho nitro benzene ring substituents is 1. The second-order valence-electron chi connectivity index (χ2n) is 4.76. The van der Waals surface area contributed by atoms with E-state index in [1.807, 2.05) is 0 Å². The number of nitrogens with one attached hydrogen (secondary N) is 1. The molecule has 9 heteroatoms. The molecule has 25 heavy (non-hydrogen) atoms. The summed E-state index contributed by atoms with van der Waals surface area (Å²) in [4.78, 5) is 22.1. The van der Waals surface area contributed by atoms with Crippen molar-refractivity contribution >= 4 is 17.8 Å². The van der Waals surface area contributed by atoms with E-state index in [2.05, 4.69) is 10.5 Å². The molecule has 1 N–H and O–H groups in total. The summed E-state index contributed by atoms with van der Waals surface area (Å²) in [5.74, 6) is -1.88. The lowest BCUT2D eigenvalue weighted by Crippen LogP contribution is -2.17. The Morgan fingerprint density at radius 3 is 2.64 bits per heavy atom. The van der Waals surface area contributed by atoms with Crippen LogP contribution in [0.4, 0.5) is 10.1 Å². The van der Waals surface area contributed by atoms with Gasteiger partial charge in [-0.3, -0.25) is 14.9 Å². The number of hydrazone groups is 1. The molecule has 0 bridgehead atoms. The molecule has 2 aromatic carbocycles. The summed E-state index contributed by atoms with van der Waals surface area (Å²) in [7, 11) is 0. The fourth-order valence-electron chi connectivity index (χ4n) is 1.90. The van der Waals surface area contributed by atoms with E-state index in [1.165, 1.54) is 12.1 Å². The number of benzene rings is 2. The largest absolute Gasteiger partial charge is 0.870 e. The Labute approximate surface area is 141 Å². The lowest BCUT2D eigenvalue weighted by Gasteiger charge is -2.16. The summed E-state index contributed by atoms with van der Waals surface area (Å²) in [6.07, 6.45) is 0.985. The predicted molar refractivity (Wildman–Crippen MR) is 85.2 cm³/mol. The lowest BCUT2D eigenvalue weighted by molar-refractivity contribution is -0.385. The van der Waals surface area contributed by atoms with Gasteiger partial charge in [0.15, 0.2) is 0 Å². The standard InChI is InChI=1S/C16H14FN3O5/c1-2-25-14-8-13(20(23)24)7-11(15(14)21)9-18-19-16(22)10-3-5-12(17)6-4-10/h3-9,21H,2H2,1H3,(H,19,22)/p-1/b18-9+. The maximum Gasteiger partial charge on any atom is 0.273 e. The van der Waals surface area contributed by atoms with Crippen LogP contribution in [0.5, 0.6) is 11.5 Å². The minimum atomic E-state index is -0.670. The molecular formula is C16H13FN3O5-. The van der Waals surface area contributed by atoms with Crippen LogP contribution in [0.2, 0.25) is 0 Å². The van der Waals surface area contributed by atoms with Crippen LogP contribution >= 0.6 is 0 Å². The second-order valence-corrected chi connectivity index (χ2v) is 4.76. The number of halogens is 1. The van der Waals surface area contributed by atoms with Crippen molar-refractivity contribution in [1.82, 2.24) is 5.43 Å². The number of nitrogens with zero attached hydrogens (tertiary/aromatic N) is 2. The molecule has 0 radical (unpaired) electrons. The number of amides is 1. The molecule has 0 aliphatic rings. The Kier molecular flexibility index (Phi) is 5.62. The van der Waals surface area contributed by atoms with E-state index < -0.39 is 22.4 Å². The molecule has 130 valence electrons. The summed E-state index contributed by atoms with van der Waals surface area (Å²) in [5.41, 5.74) is 1.86. The topological polar surface area (TPSA) is 117 Å². The minimum absolute atomic E-state index is 0.114. The Bertz CT molecular complexity index is 821. The first-order valence-corrected chi connectivity index (χ1v) is 7.13. The van der Waals surface area contributed by atoms with Gasteiger partial charge < -0.3 is 9.84 Å². The van der Waals surface area contributed by atoms with Crippen LogP contribution in [0.3, 0.4) is 0 Å². The average Bonchev–Trinajstić information content (AvgIpc) is 2.58. The number of carbonyl (C=O) groups is 1. The first kappa shape index (κ1) is 17.9. The summed E-state index contributed by atoms with van der Waals surface area (Å²) in [6, 6.07) is 6.81. The van der Waals surface area contributed by atoms with Crippen molar-refractivity contribution in [2.45, 2.75) is 6.92 Å². The minimum Gasteiger partial charge on any atom is -0.870 e. The number of hydrogen-bond acceptors (Lipinski definition) is 6. The number of nitro benzene ring substituents is 1. The van der Waals surface area contributed by atoms with Crippen LogP contribution < -0.4 is 15.3 Å². The Morgan fingerprint density at radius 2 is 2.04 bits per heavy atom. The van der Waals surface area contributed by atoms with Crippen molar-refractivity contribution in [3.8, 4) is 11.5 Å². The highest BCUT2D eigenvalue weighted by atomic mass is 19.1. The van der Waals surface area contributed by atoms with Gasteiger partial charge in [0, 0.05) is 11.6 Å². The van der Waals surface area contributed by atoms with Crippen LogP contribution in [0.15, 0.2) is 41.5 Å². The summed E-state index contributed by atoms with van der Waals surface area (Å²) in [6.45, 7) is 1.79. The van der Waals surface area contributed by atoms with E-state index in [1.54, 1.807) is 6.92 Å². The third-order valence-corrected chi connectivity index (χ3v) is 3.06. The van der Waals surface area contributed by atoms with Crippen molar-refractivity contribution < 1.29 is 24.0 Å². The van der Waals surface area contributed by atoms with E-state index in [4.69, 9.17) is 4.74 Å². The van der Waals surface area contributed by atoms with Gasteiger partial charge in [0.2, 0.25) is 0 Å². The number of ether oxygens (including phenoxy) is 1. The van der Waals surface area contributed by atoms with Crippen molar-refractivity contribution in [1.29, 1.82) is 0 Å². The monoisotopic (exact) mass is 346 g/mol. The van der Waals surface area contributed by atoms with Crippen LogP contribution in [0, 0.1) is 15.9 Å². The third kappa shape index (κ3) is 4.50. The number of rotatable bonds is 6. The first-order valence-electron chi connectivity index (χ1n) is 7.13. The van der Waals surface area contributed by atoms with E-state index in [0.717, 1.165) is 30.5 Å². The van der Waals surface area contributed by atoms with Crippen molar-refractivity contribution in [2.24, 2.45) is 5.10 Å². The van der Waals surface area contributed by atoms with Gasteiger partial charge in [0.05, 0.1) is 23.8 Å². The molecule has 0 saturated heterocycles. The van der Waals surface area contributed by atoms with Crippen molar-refractivity contribution in [2.75, 3.05) is 6.61 Å². The van der Waals surface area contributed by atoms with Crippen LogP contribution in [0.1, 0.15) is 22.8 Å². The molecular weight excluding hydrogens is 333 g/mol. The molecule has 0 spiro atoms. The zero-order chi connectivity index (χ0) is 18.4. The highest BCUT2D eigenvalue weighted by Gasteiger charge is 2.12. The maximum absolute atomic E-state index is 12.8. The van der Waals surface area contributed by atoms with Crippen LogP contribution in [-0.2, 0) is 0 Å². The van der Waals surface area contributed by atoms with E-state index in [9.17, 15) is 24.4 Å². The van der Waals surface area contributed by atoms with Gasteiger partial charge in [-0.1, -0.05) is 5.75 Å². The van der Waals surface area contributed by atoms with Gasteiger partial charge in [-0.15, -0.1) is 0 Å². The van der Waals surface area contributed by atoms with Crippen molar-refractivity contribution in [3.05, 3.63) is 63.5 Å². The molecule has 0 aromatic heterocycles. The second kappa shape index (κ2) is 7.86. The highest BCUT2D eigenvalue weighted by Crippen LogP contribution is 2.31. The fourth-order valence-corrected chi connectivity index (χ4v) is 1.90. The molecule has 1 amide bonds. The van der Waals surface area contributed by atoms with E-state index >= 15 is 0 Å². The van der Waals surface area contributed by atoms with Gasteiger partial charge in [-0.2, -0.15) is 5.10 Å². The molecule has 2 rings (SSSR count). The molecule has 0 unspecified atom stereocenters. The first-order chi connectivity index (χ1) is 11.9. The average molecular weight is 346 g/mol. The Hall–Kier alpha value is -3.49. The van der Waals surface area contributed by atoms with Crippen LogP contribution in [-0.4, -0.2) is 23.7 Å². The molecule has 0 aliphatic heterocycles. The molecule has 0 saturated carbocycles. The molecule has 8 nitrogen and oxygen atoms in total. The maximum atomic E-state index is 12.8. The Balaban J connectivity index is 2.20. The highest BCUT2D eigenvalue weighted by molar-refractivity contribution is 5.95. The molecule has 0 fully saturated rings. The smallest absolute Gasteiger partial charge is 0.273 e. The SMILES string of the molecule is CCOc1cc([N+](=O)[O-])cc(/C=N/NC(=O)c2ccc(F)cc2)c1[O-]. The lowest BCUT2D eigenvalue weighted by atomic mass is 10.1. The number of hydrogen-bond donors (Lipinski definition) is 1. The molecule has 0 heterocycles. The number of carbonyl (C=O) groups excluding carboxylic acids is 1. The van der Waals surface area contributed by atoms with E-state index in [0.29, 0.717) is 0 Å². The predicted octanol–water partition coefficient (Wildman–Crippen LogP) is 1.97. The molecule has 0 aliphatic carbocycles. The normalized spacial score (nSPS) is 10.6. The zero-order valence-electron chi connectivity index (χ0n) is 13.1. The third-order valence-electron chi connectivity index (χ3n) is 3.06. The quantitative estimate of drug-likeness (QED) is 0.487. The van der Waals surface area contributed by atoms with E-state index in [-0.39, 0.29) is 29.2 Å². The fraction of sp³-hybridized carbons (Fsp3) is 0.125. The summed E-state index contributed by atoms with van der Waals surface area (Å²) >= 11 is 0. The molecule has 0 atom stereocenters. The Morgan fingerprint density at radius 1 is 1.36 bits per heavy atom. The zero-order valence-corrected chi connectivity index (χ0v) is 13.1. The van der Waals surface area contributed by atoms with Gasteiger partial charge in [0.1, 0.15) is 11.6 Å². The molecule has 2 aromatic rings. The van der Waals surface area contributed by atoms with Gasteiger partial charge in [0.25, 0.3) is 11.6 Å². The van der Waals surface area contributed by atoms with Gasteiger partial charge in [-0.25, -0.2) is 9.82 Å². The van der Waals surface area contributed by atoms with Gasteiger partial charge >= 0.3 is 0 Å². The number of nitro groups is 1. The van der Waals surface area contributed by atoms with Crippen molar-refractivity contribution in [3.63, 3.8) is 0 Å². The summed E-state index contributed by atoms with van der Waals surface area (Å²) < 4.78 is 17.9. The summed E-state index contributed by atoms with van der Waals surface area (Å²) in [5, 5.41) is 26.6. The van der Waals surface area contributed by atoms with Crippen LogP contribution in [0.25, 0.3) is 0 Å². The van der Waals surface area contributed by atoms with Gasteiger partial charge in [-0.05, 0) is 36.8 Å².